The second-order valence-electron chi connectivity index (χ2n) is 5.88. The molecular formula is C17H31IN4O. The van der Waals surface area contributed by atoms with E-state index >= 15 is 0 Å². The molecular weight excluding hydrogens is 403 g/mol. The first-order chi connectivity index (χ1) is 10.8. The summed E-state index contributed by atoms with van der Waals surface area (Å²) in [5.41, 5.74) is 0. The van der Waals surface area contributed by atoms with Gasteiger partial charge in [-0.3, -0.25) is 4.99 Å². The molecule has 0 spiro atoms. The smallest absolute Gasteiger partial charge is 0.191 e. The number of likely N-dealkylation sites (tertiary alicyclic amines) is 1. The van der Waals surface area contributed by atoms with Crippen LogP contribution < -0.4 is 10.6 Å². The summed E-state index contributed by atoms with van der Waals surface area (Å²) >= 11 is 0. The Hall–Kier alpha value is -0.760. The Morgan fingerprint density at radius 2 is 2.26 bits per heavy atom. The zero-order valence-corrected chi connectivity index (χ0v) is 16.7. The zero-order valence-electron chi connectivity index (χ0n) is 14.4. The van der Waals surface area contributed by atoms with Crippen LogP contribution in [0.3, 0.4) is 0 Å². The van der Waals surface area contributed by atoms with Gasteiger partial charge in [-0.25, -0.2) is 0 Å². The lowest BCUT2D eigenvalue weighted by molar-refractivity contribution is 0.186. The molecule has 2 heterocycles. The molecule has 23 heavy (non-hydrogen) atoms. The third kappa shape index (κ3) is 7.56. The standard InChI is InChI=1S/C17H30N4O.HI/c1-3-18-17(19-10-9-16-8-6-12-22-16)20-13-15-7-5-11-21(4-2)14-15;/h6,8,12,15H,3-5,7,9-11,13-14H2,1-2H3,(H2,18,19,20);1H. The van der Waals surface area contributed by atoms with Crippen molar-refractivity contribution in [3.8, 4) is 0 Å². The van der Waals surface area contributed by atoms with Crippen LogP contribution in [0.4, 0.5) is 0 Å². The maximum absolute atomic E-state index is 5.35. The van der Waals surface area contributed by atoms with E-state index in [4.69, 9.17) is 9.41 Å². The number of hydrogen-bond acceptors (Lipinski definition) is 3. The number of rotatable bonds is 7. The summed E-state index contributed by atoms with van der Waals surface area (Å²) in [6.45, 7) is 10.6. The van der Waals surface area contributed by atoms with Gasteiger partial charge in [0.15, 0.2) is 5.96 Å². The van der Waals surface area contributed by atoms with E-state index in [0.29, 0.717) is 5.92 Å². The summed E-state index contributed by atoms with van der Waals surface area (Å²) in [4.78, 5) is 7.29. The van der Waals surface area contributed by atoms with Crippen LogP contribution in [0.2, 0.25) is 0 Å². The van der Waals surface area contributed by atoms with Crippen molar-refractivity contribution in [1.82, 2.24) is 15.5 Å². The highest BCUT2D eigenvalue weighted by molar-refractivity contribution is 14.0. The Bertz CT molecular complexity index is 436. The summed E-state index contributed by atoms with van der Waals surface area (Å²) in [5.74, 6) is 2.62. The van der Waals surface area contributed by atoms with E-state index in [1.165, 1.54) is 25.9 Å². The van der Waals surface area contributed by atoms with Crippen molar-refractivity contribution in [3.63, 3.8) is 0 Å². The molecule has 5 nitrogen and oxygen atoms in total. The summed E-state index contributed by atoms with van der Waals surface area (Å²) < 4.78 is 5.35. The highest BCUT2D eigenvalue weighted by atomic mass is 127. The fourth-order valence-electron chi connectivity index (χ4n) is 2.91. The highest BCUT2D eigenvalue weighted by Crippen LogP contribution is 2.16. The monoisotopic (exact) mass is 434 g/mol. The molecule has 0 aromatic carbocycles. The first kappa shape index (κ1) is 20.3. The Labute approximate surface area is 157 Å². The fourth-order valence-corrected chi connectivity index (χ4v) is 2.91. The number of nitrogens with one attached hydrogen (secondary N) is 2. The van der Waals surface area contributed by atoms with E-state index in [1.807, 2.05) is 12.1 Å². The summed E-state index contributed by atoms with van der Waals surface area (Å²) in [5, 5.41) is 6.71. The van der Waals surface area contributed by atoms with Crippen molar-refractivity contribution in [3.05, 3.63) is 24.2 Å². The molecule has 6 heteroatoms. The predicted molar refractivity (Wildman–Crippen MR) is 107 cm³/mol. The van der Waals surface area contributed by atoms with Gasteiger partial charge in [0, 0.05) is 32.6 Å². The van der Waals surface area contributed by atoms with Crippen molar-refractivity contribution in [2.45, 2.75) is 33.1 Å². The van der Waals surface area contributed by atoms with Gasteiger partial charge in [0.25, 0.3) is 0 Å². The van der Waals surface area contributed by atoms with E-state index in [1.54, 1.807) is 6.26 Å². The second kappa shape index (κ2) is 11.7. The van der Waals surface area contributed by atoms with Crippen LogP contribution in [-0.4, -0.2) is 50.1 Å². The van der Waals surface area contributed by atoms with Gasteiger partial charge in [0.1, 0.15) is 5.76 Å². The van der Waals surface area contributed by atoms with Crippen LogP contribution in [0.5, 0.6) is 0 Å². The SMILES string of the molecule is CCNC(=NCC1CCCN(CC)C1)NCCc1ccco1.I. The first-order valence-corrected chi connectivity index (χ1v) is 8.58. The van der Waals surface area contributed by atoms with E-state index in [9.17, 15) is 0 Å². The maximum Gasteiger partial charge on any atom is 0.191 e. The van der Waals surface area contributed by atoms with Gasteiger partial charge in [0.2, 0.25) is 0 Å². The molecule has 2 N–H and O–H groups in total. The normalized spacial score (nSPS) is 19.2. The Balaban J connectivity index is 0.00000264. The van der Waals surface area contributed by atoms with Crippen molar-refractivity contribution in [1.29, 1.82) is 0 Å². The molecule has 1 aliphatic rings. The quantitative estimate of drug-likeness (QED) is 0.394. The number of furan rings is 1. The summed E-state index contributed by atoms with van der Waals surface area (Å²) in [6.07, 6.45) is 5.20. The van der Waals surface area contributed by atoms with Crippen molar-refractivity contribution < 1.29 is 4.42 Å². The van der Waals surface area contributed by atoms with E-state index in [-0.39, 0.29) is 24.0 Å². The summed E-state index contributed by atoms with van der Waals surface area (Å²) in [6, 6.07) is 3.93. The number of halogens is 1. The lowest BCUT2D eigenvalue weighted by Gasteiger charge is -2.31. The molecule has 0 saturated carbocycles. The number of nitrogens with zero attached hydrogens (tertiary/aromatic N) is 2. The van der Waals surface area contributed by atoms with Crippen molar-refractivity contribution in [2.75, 3.05) is 39.3 Å². The van der Waals surface area contributed by atoms with Crippen LogP contribution >= 0.6 is 24.0 Å². The van der Waals surface area contributed by atoms with Crippen LogP contribution in [0.25, 0.3) is 0 Å². The Morgan fingerprint density at radius 1 is 1.39 bits per heavy atom. The molecule has 1 aromatic rings. The van der Waals surface area contributed by atoms with Gasteiger partial charge in [0.05, 0.1) is 6.26 Å². The number of piperidine rings is 1. The third-order valence-electron chi connectivity index (χ3n) is 4.15. The highest BCUT2D eigenvalue weighted by Gasteiger charge is 2.18. The Kier molecular flexibility index (Phi) is 10.3. The molecule has 1 saturated heterocycles. The van der Waals surface area contributed by atoms with Gasteiger partial charge >= 0.3 is 0 Å². The average Bonchev–Trinajstić information content (AvgIpc) is 3.06. The van der Waals surface area contributed by atoms with Gasteiger partial charge in [-0.05, 0) is 50.9 Å². The fraction of sp³-hybridized carbons (Fsp3) is 0.706. The lowest BCUT2D eigenvalue weighted by Crippen LogP contribution is -2.40. The van der Waals surface area contributed by atoms with E-state index in [0.717, 1.165) is 44.3 Å². The molecule has 0 aliphatic carbocycles. The topological polar surface area (TPSA) is 52.8 Å². The van der Waals surface area contributed by atoms with Crippen molar-refractivity contribution >= 4 is 29.9 Å². The van der Waals surface area contributed by atoms with Crippen molar-refractivity contribution in [2.24, 2.45) is 10.9 Å². The van der Waals surface area contributed by atoms with Crippen LogP contribution in [0.1, 0.15) is 32.4 Å². The zero-order chi connectivity index (χ0) is 15.6. The first-order valence-electron chi connectivity index (χ1n) is 8.58. The molecule has 132 valence electrons. The van der Waals surface area contributed by atoms with E-state index in [2.05, 4.69) is 29.4 Å². The van der Waals surface area contributed by atoms with Crippen LogP contribution in [-0.2, 0) is 6.42 Å². The minimum absolute atomic E-state index is 0. The maximum atomic E-state index is 5.35. The molecule has 1 fully saturated rings. The molecule has 0 bridgehead atoms. The van der Waals surface area contributed by atoms with Gasteiger partial charge < -0.3 is 20.0 Å². The van der Waals surface area contributed by atoms with Gasteiger partial charge in [-0.15, -0.1) is 24.0 Å². The van der Waals surface area contributed by atoms with Gasteiger partial charge in [-0.1, -0.05) is 6.92 Å². The average molecular weight is 434 g/mol. The number of hydrogen-bond donors (Lipinski definition) is 2. The molecule has 0 radical (unpaired) electrons. The number of guanidine groups is 1. The predicted octanol–water partition coefficient (Wildman–Crippen LogP) is 2.73. The number of aliphatic imine (C=N–C) groups is 1. The van der Waals surface area contributed by atoms with Gasteiger partial charge in [-0.2, -0.15) is 0 Å². The molecule has 1 aromatic heterocycles. The van der Waals surface area contributed by atoms with E-state index < -0.39 is 0 Å². The molecule has 0 amide bonds. The molecule has 1 atom stereocenters. The minimum atomic E-state index is 0. The summed E-state index contributed by atoms with van der Waals surface area (Å²) in [7, 11) is 0. The van der Waals surface area contributed by atoms with Crippen LogP contribution in [0, 0.1) is 5.92 Å². The molecule has 1 unspecified atom stereocenters. The third-order valence-corrected chi connectivity index (χ3v) is 4.15. The Morgan fingerprint density at radius 3 is 2.96 bits per heavy atom. The molecule has 2 rings (SSSR count). The second-order valence-corrected chi connectivity index (χ2v) is 5.88. The lowest BCUT2D eigenvalue weighted by atomic mass is 9.98. The largest absolute Gasteiger partial charge is 0.469 e. The van der Waals surface area contributed by atoms with Crippen LogP contribution in [0.15, 0.2) is 27.8 Å². The minimum Gasteiger partial charge on any atom is -0.469 e. The molecule has 1 aliphatic heterocycles.